The summed E-state index contributed by atoms with van der Waals surface area (Å²) in [7, 11) is 0. The van der Waals surface area contributed by atoms with E-state index in [9.17, 15) is 34.6 Å². The van der Waals surface area contributed by atoms with E-state index in [0.717, 1.165) is 0 Å². The molecule has 12 nitrogen and oxygen atoms in total. The van der Waals surface area contributed by atoms with E-state index in [0.29, 0.717) is 33.0 Å². The molecule has 3 amide bonds. The summed E-state index contributed by atoms with van der Waals surface area (Å²) in [5.41, 5.74) is 1.90. The van der Waals surface area contributed by atoms with Crippen molar-refractivity contribution in [3.63, 3.8) is 0 Å². The maximum Gasteiger partial charge on any atom is 0.272 e. The molecular formula is C32H27N5O7S. The lowest BCUT2D eigenvalue weighted by atomic mass is 10.1. The number of hydrogen-bond donors (Lipinski definition) is 3. The molecule has 3 N–H and O–H groups in total. The monoisotopic (exact) mass is 625 g/mol. The smallest absolute Gasteiger partial charge is 0.272 e. The summed E-state index contributed by atoms with van der Waals surface area (Å²) >= 11 is 1.24. The minimum atomic E-state index is -0.640. The summed E-state index contributed by atoms with van der Waals surface area (Å²) < 4.78 is 0. The Balaban J connectivity index is 1.48. The third-order valence-electron chi connectivity index (χ3n) is 6.40. The van der Waals surface area contributed by atoms with Crippen LogP contribution in [0.1, 0.15) is 28.4 Å². The maximum atomic E-state index is 13.4. The van der Waals surface area contributed by atoms with Crippen LogP contribution in [0.15, 0.2) is 108 Å². The zero-order chi connectivity index (χ0) is 32.5. The summed E-state index contributed by atoms with van der Waals surface area (Å²) in [4.78, 5) is 60.8. The lowest BCUT2D eigenvalue weighted by Crippen LogP contribution is -2.30. The molecule has 0 heterocycles. The topological polar surface area (TPSA) is 174 Å². The van der Waals surface area contributed by atoms with Crippen LogP contribution >= 0.6 is 11.8 Å². The summed E-state index contributed by atoms with van der Waals surface area (Å²) in [5.74, 6) is -1.48. The second-order valence-corrected chi connectivity index (χ2v) is 11.1. The molecule has 0 aromatic heterocycles. The number of carbonyl (C=O) groups excluding carboxylic acids is 3. The molecule has 228 valence electrons. The van der Waals surface area contributed by atoms with Crippen molar-refractivity contribution in [3.8, 4) is 0 Å². The molecule has 45 heavy (non-hydrogen) atoms. The van der Waals surface area contributed by atoms with E-state index in [4.69, 9.17) is 0 Å². The van der Waals surface area contributed by atoms with Gasteiger partial charge in [0.2, 0.25) is 5.91 Å². The summed E-state index contributed by atoms with van der Waals surface area (Å²) in [6.07, 6.45) is 1.41. The number of rotatable bonds is 11. The largest absolute Gasteiger partial charge is 0.325 e. The van der Waals surface area contributed by atoms with Crippen molar-refractivity contribution in [1.29, 1.82) is 0 Å². The molecule has 0 saturated heterocycles. The molecule has 0 bridgehead atoms. The van der Waals surface area contributed by atoms with Crippen LogP contribution in [0.3, 0.4) is 0 Å². The fraction of sp³-hybridized carbons (Fsp3) is 0.0938. The van der Waals surface area contributed by atoms with E-state index in [1.807, 2.05) is 0 Å². The van der Waals surface area contributed by atoms with E-state index in [-0.39, 0.29) is 23.0 Å². The fourth-order valence-corrected chi connectivity index (χ4v) is 4.97. The number of nitro benzene ring substituents is 2. The number of nitrogens with one attached hydrogen (secondary N) is 3. The Kier molecular flexibility index (Phi) is 10.4. The molecule has 1 atom stereocenters. The van der Waals surface area contributed by atoms with Gasteiger partial charge in [-0.1, -0.05) is 24.3 Å². The summed E-state index contributed by atoms with van der Waals surface area (Å²) in [5, 5.41) is 29.6. The van der Waals surface area contributed by atoms with E-state index in [2.05, 4.69) is 16.0 Å². The van der Waals surface area contributed by atoms with Gasteiger partial charge >= 0.3 is 0 Å². The van der Waals surface area contributed by atoms with Crippen molar-refractivity contribution in [1.82, 2.24) is 5.32 Å². The van der Waals surface area contributed by atoms with Crippen LogP contribution in [-0.4, -0.2) is 32.8 Å². The number of carbonyl (C=O) groups is 3. The first-order valence-corrected chi connectivity index (χ1v) is 14.3. The van der Waals surface area contributed by atoms with Crippen molar-refractivity contribution in [2.24, 2.45) is 0 Å². The highest BCUT2D eigenvalue weighted by Gasteiger charge is 2.19. The van der Waals surface area contributed by atoms with Crippen molar-refractivity contribution in [3.05, 3.63) is 140 Å². The minimum Gasteiger partial charge on any atom is -0.325 e. The zero-order valence-electron chi connectivity index (χ0n) is 24.1. The van der Waals surface area contributed by atoms with E-state index in [1.54, 1.807) is 68.4 Å². The first-order valence-electron chi connectivity index (χ1n) is 13.5. The van der Waals surface area contributed by atoms with Gasteiger partial charge in [0.05, 0.1) is 15.1 Å². The molecule has 0 aliphatic rings. The highest BCUT2D eigenvalue weighted by atomic mass is 32.2. The van der Waals surface area contributed by atoms with Gasteiger partial charge in [0, 0.05) is 46.1 Å². The molecule has 0 saturated carbocycles. The molecule has 1 unspecified atom stereocenters. The fourth-order valence-electron chi connectivity index (χ4n) is 4.04. The SMILES string of the molecule is Cc1cc([N+](=O)[O-])ccc1NC(=O)C(C)Sc1cccc(NC(=O)/C(=C\c2ccc([N+](=O)[O-])cc2)NC(=O)c2ccccc2)c1. The average Bonchev–Trinajstić information content (AvgIpc) is 3.02. The van der Waals surface area contributed by atoms with Crippen molar-refractivity contribution >= 4 is 58.3 Å². The van der Waals surface area contributed by atoms with Gasteiger partial charge in [0.1, 0.15) is 5.70 Å². The molecule has 0 fully saturated rings. The van der Waals surface area contributed by atoms with Crippen LogP contribution in [0, 0.1) is 27.2 Å². The molecule has 4 aromatic carbocycles. The minimum absolute atomic E-state index is 0.0721. The van der Waals surface area contributed by atoms with Crippen LogP contribution in [0.25, 0.3) is 6.08 Å². The van der Waals surface area contributed by atoms with E-state index >= 15 is 0 Å². The Labute approximate surface area is 261 Å². The second kappa shape index (κ2) is 14.6. The standard InChI is InChI=1S/C32H27N5O7S/c1-20-17-26(37(43)44)15-16-28(20)34-30(38)21(2)45-27-10-6-9-24(19-27)33-32(40)29(35-31(39)23-7-4-3-5-8-23)18-22-11-13-25(14-12-22)36(41)42/h3-19,21H,1-2H3,(H,33,40)(H,34,38)(H,35,39)/b29-18+. The number of hydrogen-bond acceptors (Lipinski definition) is 8. The second-order valence-electron chi connectivity index (χ2n) is 9.71. The van der Waals surface area contributed by atoms with Gasteiger partial charge in [0.25, 0.3) is 23.2 Å². The molecular weight excluding hydrogens is 598 g/mol. The average molecular weight is 626 g/mol. The number of nitro groups is 2. The van der Waals surface area contributed by atoms with Crippen molar-refractivity contribution < 1.29 is 24.2 Å². The van der Waals surface area contributed by atoms with Gasteiger partial charge in [-0.2, -0.15) is 0 Å². The Morgan fingerprint density at radius 3 is 2.11 bits per heavy atom. The van der Waals surface area contributed by atoms with Crippen LogP contribution in [0.2, 0.25) is 0 Å². The predicted octanol–water partition coefficient (Wildman–Crippen LogP) is 6.34. The molecule has 0 spiro atoms. The first kappa shape index (κ1) is 32.1. The lowest BCUT2D eigenvalue weighted by molar-refractivity contribution is -0.385. The van der Waals surface area contributed by atoms with Crippen molar-refractivity contribution in [2.75, 3.05) is 10.6 Å². The molecule has 0 aliphatic carbocycles. The molecule has 4 aromatic rings. The number of anilines is 2. The number of benzene rings is 4. The van der Waals surface area contributed by atoms with Gasteiger partial charge in [-0.3, -0.25) is 34.6 Å². The summed E-state index contributed by atoms with van der Waals surface area (Å²) in [6.45, 7) is 3.37. The van der Waals surface area contributed by atoms with E-state index < -0.39 is 26.9 Å². The third-order valence-corrected chi connectivity index (χ3v) is 7.49. The Bertz CT molecular complexity index is 1790. The Morgan fingerprint density at radius 1 is 0.800 bits per heavy atom. The number of thioether (sulfide) groups is 1. The highest BCUT2D eigenvalue weighted by molar-refractivity contribution is 8.00. The van der Waals surface area contributed by atoms with Gasteiger partial charge in [-0.15, -0.1) is 11.8 Å². The van der Waals surface area contributed by atoms with Gasteiger partial charge in [-0.05, 0) is 79.6 Å². The third kappa shape index (κ3) is 8.84. The van der Waals surface area contributed by atoms with E-state index in [1.165, 1.54) is 60.3 Å². The van der Waals surface area contributed by atoms with Crippen LogP contribution in [0.5, 0.6) is 0 Å². The normalized spacial score (nSPS) is 11.6. The van der Waals surface area contributed by atoms with Gasteiger partial charge in [0.15, 0.2) is 0 Å². The molecule has 0 radical (unpaired) electrons. The van der Waals surface area contributed by atoms with Gasteiger partial charge in [-0.25, -0.2) is 0 Å². The molecule has 13 heteroatoms. The number of non-ortho nitro benzene ring substituents is 2. The quantitative estimate of drug-likeness (QED) is 0.0749. The van der Waals surface area contributed by atoms with Crippen LogP contribution in [-0.2, 0) is 9.59 Å². The molecule has 0 aliphatic heterocycles. The molecule has 4 rings (SSSR count). The van der Waals surface area contributed by atoms with Crippen molar-refractivity contribution in [2.45, 2.75) is 24.0 Å². The Morgan fingerprint density at radius 2 is 1.47 bits per heavy atom. The summed E-state index contributed by atoms with van der Waals surface area (Å²) in [6, 6.07) is 24.8. The Hall–Kier alpha value is -5.82. The van der Waals surface area contributed by atoms with Crippen LogP contribution < -0.4 is 16.0 Å². The lowest BCUT2D eigenvalue weighted by Gasteiger charge is -2.15. The number of nitrogens with zero attached hydrogens (tertiary/aromatic N) is 2. The number of amides is 3. The zero-order valence-corrected chi connectivity index (χ0v) is 24.9. The number of aryl methyl sites for hydroxylation is 1. The van der Waals surface area contributed by atoms with Crippen LogP contribution in [0.4, 0.5) is 22.7 Å². The predicted molar refractivity (Wildman–Crippen MR) is 172 cm³/mol. The van der Waals surface area contributed by atoms with Gasteiger partial charge < -0.3 is 16.0 Å². The maximum absolute atomic E-state index is 13.4. The first-order chi connectivity index (χ1) is 21.5. The highest BCUT2D eigenvalue weighted by Crippen LogP contribution is 2.28.